The molecule has 0 fully saturated rings. The largest absolute Gasteiger partial charge is 0.302 e. The van der Waals surface area contributed by atoms with E-state index < -0.39 is 0 Å². The first-order valence-electron chi connectivity index (χ1n) is 2.71. The van der Waals surface area contributed by atoms with E-state index in [4.69, 9.17) is 0 Å². The monoisotopic (exact) mass is 183 g/mol. The summed E-state index contributed by atoms with van der Waals surface area (Å²) >= 11 is 0. The Labute approximate surface area is 62.3 Å². The molecule has 5 heteroatoms. The molecule has 4 unspecified atom stereocenters. The highest BCUT2D eigenvalue weighted by Gasteiger charge is 2.07. The van der Waals surface area contributed by atoms with Crippen molar-refractivity contribution in [2.24, 2.45) is 0 Å². The van der Waals surface area contributed by atoms with Gasteiger partial charge in [0.25, 0.3) is 0 Å². The second kappa shape index (κ2) is 5.69. The molecule has 4 atom stereocenters. The third-order valence-corrected chi connectivity index (χ3v) is 4.33. The zero-order chi connectivity index (χ0) is 7.28. The number of carbonyl (C=O) groups is 1. The number of hydrogen-bond acceptors (Lipinski definition) is 2. The fraction of sp³-hybridized carbons (Fsp3) is 0.750. The minimum absolute atomic E-state index is 0.0748. The lowest BCUT2D eigenvalue weighted by Gasteiger charge is -2.18. The number of carbonyl (C=O) groups excluding carboxylic acids is 1. The number of aldehydes is 1. The maximum atomic E-state index is 10.3. The first kappa shape index (κ1) is 9.92. The van der Waals surface area contributed by atoms with Crippen molar-refractivity contribution in [3.8, 4) is 0 Å². The first-order chi connectivity index (χ1) is 4.26. The van der Waals surface area contributed by atoms with Gasteiger partial charge in [0.15, 0.2) is 0 Å². The second-order valence-electron chi connectivity index (χ2n) is 1.65. The third kappa shape index (κ3) is 3.58. The molecule has 0 bridgehead atoms. The van der Waals surface area contributed by atoms with Crippen molar-refractivity contribution in [1.82, 2.24) is 4.44 Å². The third-order valence-electron chi connectivity index (χ3n) is 1.08. The lowest BCUT2D eigenvalue weighted by Crippen LogP contribution is -2.19. The highest BCUT2D eigenvalue weighted by atomic mass is 32.0. The van der Waals surface area contributed by atoms with Gasteiger partial charge in [-0.05, 0) is 14.8 Å². The smallest absolute Gasteiger partial charge is 0.137 e. The Balaban J connectivity index is 3.63. The first-order valence-corrected chi connectivity index (χ1v) is 5.99. The molecule has 0 aliphatic heterocycles. The molecule has 9 heavy (non-hydrogen) atoms. The highest BCUT2D eigenvalue weighted by molar-refractivity contribution is 8.02. The average molecular weight is 183 g/mol. The fourth-order valence-electron chi connectivity index (χ4n) is 0.454. The van der Waals surface area contributed by atoms with Crippen LogP contribution in [0.3, 0.4) is 0 Å². The lowest BCUT2D eigenvalue weighted by molar-refractivity contribution is -0.110. The molecule has 0 radical (unpaired) electrons. The van der Waals surface area contributed by atoms with Crippen LogP contribution >= 0.6 is 26.7 Å². The Morgan fingerprint density at radius 1 is 1.89 bits per heavy atom. The van der Waals surface area contributed by atoms with E-state index in [1.54, 1.807) is 0 Å². The molecule has 0 saturated heterocycles. The van der Waals surface area contributed by atoms with Crippen LogP contribution in [0.5, 0.6) is 0 Å². The second-order valence-corrected chi connectivity index (χ2v) is 4.27. The van der Waals surface area contributed by atoms with Crippen molar-refractivity contribution in [3.63, 3.8) is 0 Å². The van der Waals surface area contributed by atoms with Crippen LogP contribution in [0.2, 0.25) is 0 Å². The maximum Gasteiger partial charge on any atom is 0.137 e. The molecular weight excluding hydrogens is 171 g/mol. The van der Waals surface area contributed by atoms with Crippen molar-refractivity contribution in [2.75, 3.05) is 0 Å². The van der Waals surface area contributed by atoms with Gasteiger partial charge in [-0.15, -0.1) is 0 Å². The van der Waals surface area contributed by atoms with Crippen LogP contribution in [-0.2, 0) is 4.79 Å². The average Bonchev–Trinajstić information content (AvgIpc) is 1.90. The summed E-state index contributed by atoms with van der Waals surface area (Å²) in [4.78, 5) is 10.3. The summed E-state index contributed by atoms with van der Waals surface area (Å²) in [5.74, 6) is 0. The molecule has 0 aliphatic carbocycles. The van der Waals surface area contributed by atoms with E-state index in [0.29, 0.717) is 8.42 Å². The van der Waals surface area contributed by atoms with Crippen LogP contribution < -0.4 is 0 Å². The molecule has 0 saturated carbocycles. The van der Waals surface area contributed by atoms with Crippen molar-refractivity contribution in [2.45, 2.75) is 19.4 Å². The maximum absolute atomic E-state index is 10.3. The summed E-state index contributed by atoms with van der Waals surface area (Å²) < 4.78 is 1.94. The topological polar surface area (TPSA) is 20.3 Å². The Morgan fingerprint density at radius 2 is 2.44 bits per heavy atom. The van der Waals surface area contributed by atoms with Crippen LogP contribution in [0.4, 0.5) is 0 Å². The van der Waals surface area contributed by atoms with Gasteiger partial charge < -0.3 is 4.79 Å². The Hall–Kier alpha value is 0.920. The molecule has 0 amide bonds. The molecule has 2 nitrogen and oxygen atoms in total. The van der Waals surface area contributed by atoms with Gasteiger partial charge in [0, 0.05) is 0 Å². The van der Waals surface area contributed by atoms with E-state index in [1.165, 1.54) is 0 Å². The van der Waals surface area contributed by atoms with E-state index in [1.807, 2.05) is 11.4 Å². The van der Waals surface area contributed by atoms with E-state index in [2.05, 4.69) is 18.3 Å². The molecule has 0 rings (SSSR count). The molecule has 0 spiro atoms. The van der Waals surface area contributed by atoms with Gasteiger partial charge in [-0.1, -0.05) is 25.2 Å². The fourth-order valence-corrected chi connectivity index (χ4v) is 1.74. The van der Waals surface area contributed by atoms with Gasteiger partial charge in [0.05, 0.1) is 6.04 Å². The molecule has 0 aromatic carbocycles. The SMILES string of the molecule is CCC(C=O)N(P)PP. The van der Waals surface area contributed by atoms with E-state index >= 15 is 0 Å². The van der Waals surface area contributed by atoms with Gasteiger partial charge in [-0.3, -0.25) is 4.44 Å². The molecule has 0 aromatic rings. The van der Waals surface area contributed by atoms with Crippen molar-refractivity contribution < 1.29 is 4.79 Å². The van der Waals surface area contributed by atoms with E-state index in [9.17, 15) is 4.79 Å². The predicted octanol–water partition coefficient (Wildman–Crippen LogP) is 1.44. The van der Waals surface area contributed by atoms with Gasteiger partial charge in [-0.25, -0.2) is 0 Å². The predicted molar refractivity (Wildman–Crippen MR) is 49.7 cm³/mol. The molecule has 0 N–H and O–H groups in total. The number of nitrogens with zero attached hydrogens (tertiary/aromatic N) is 1. The van der Waals surface area contributed by atoms with Crippen LogP contribution in [0, 0.1) is 0 Å². The van der Waals surface area contributed by atoms with Crippen molar-refractivity contribution in [1.29, 1.82) is 0 Å². The van der Waals surface area contributed by atoms with Crippen molar-refractivity contribution in [3.05, 3.63) is 0 Å². The van der Waals surface area contributed by atoms with Crippen LogP contribution in [-0.4, -0.2) is 16.8 Å². The zero-order valence-corrected chi connectivity index (χ0v) is 8.68. The van der Waals surface area contributed by atoms with Crippen LogP contribution in [0.15, 0.2) is 0 Å². The highest BCUT2D eigenvalue weighted by Crippen LogP contribution is 2.32. The summed E-state index contributed by atoms with van der Waals surface area (Å²) in [6.45, 7) is 2.00. The Bertz CT molecular complexity index is 89.9. The van der Waals surface area contributed by atoms with E-state index in [0.717, 1.165) is 12.7 Å². The molecule has 0 heterocycles. The van der Waals surface area contributed by atoms with Gasteiger partial charge >= 0.3 is 0 Å². The van der Waals surface area contributed by atoms with Crippen LogP contribution in [0.25, 0.3) is 0 Å². The Kier molecular flexibility index (Phi) is 6.27. The summed E-state index contributed by atoms with van der Waals surface area (Å²) in [6, 6.07) is 0.0748. The van der Waals surface area contributed by atoms with Gasteiger partial charge in [0.1, 0.15) is 6.29 Å². The zero-order valence-electron chi connectivity index (χ0n) is 5.37. The summed E-state index contributed by atoms with van der Waals surface area (Å²) in [5.41, 5.74) is 0. The standard InChI is InChI=1S/C4H12NOP3/c1-2-4(3-6)5(7)9-8/h3-4,9H,2,7-8H2,1H3. The Morgan fingerprint density at radius 3 is 2.56 bits per heavy atom. The molecule has 54 valence electrons. The minimum Gasteiger partial charge on any atom is -0.302 e. The number of hydrogen-bond donors (Lipinski definition) is 0. The summed E-state index contributed by atoms with van der Waals surface area (Å²) in [5, 5.41) is 0. The molecule has 0 aliphatic rings. The molecule has 0 aromatic heterocycles. The lowest BCUT2D eigenvalue weighted by atomic mass is 10.3. The summed E-state index contributed by atoms with van der Waals surface area (Å²) in [7, 11) is 5.73. The van der Waals surface area contributed by atoms with Gasteiger partial charge in [0.2, 0.25) is 0 Å². The number of rotatable bonds is 4. The quantitative estimate of drug-likeness (QED) is 0.485. The molecular formula is C4H12NOP3. The minimum atomic E-state index is 0.0748. The van der Waals surface area contributed by atoms with Gasteiger partial charge in [-0.2, -0.15) is 0 Å². The van der Waals surface area contributed by atoms with Crippen LogP contribution in [0.1, 0.15) is 13.3 Å². The summed E-state index contributed by atoms with van der Waals surface area (Å²) in [6.07, 6.45) is 1.86. The van der Waals surface area contributed by atoms with Crippen molar-refractivity contribution >= 4 is 33.0 Å². The van der Waals surface area contributed by atoms with E-state index in [-0.39, 0.29) is 6.04 Å². The normalized spacial score (nSPS) is 15.1.